The molecule has 0 amide bonds. The first-order valence-electron chi connectivity index (χ1n) is 9.30. The molecule has 3 aromatic rings. The predicted octanol–water partition coefficient (Wildman–Crippen LogP) is 6.76. The molecule has 0 fully saturated rings. The smallest absolute Gasteiger partial charge is 0.165 e. The van der Waals surface area contributed by atoms with Crippen LogP contribution in [-0.4, -0.2) is 6.61 Å². The SMILES string of the molecule is C=Cc1ccc(C(C)(C)COCc2ccc(F)c(Oc3ccccc3)c2)cc1. The van der Waals surface area contributed by atoms with Crippen molar-refractivity contribution in [1.29, 1.82) is 0 Å². The second-order valence-corrected chi connectivity index (χ2v) is 7.38. The van der Waals surface area contributed by atoms with Gasteiger partial charge in [-0.25, -0.2) is 4.39 Å². The predicted molar refractivity (Wildman–Crippen MR) is 112 cm³/mol. The Hall–Kier alpha value is -2.91. The fraction of sp³-hybridized carbons (Fsp3) is 0.200. The molecular formula is C25H25FO2. The van der Waals surface area contributed by atoms with Crippen LogP contribution in [0.4, 0.5) is 4.39 Å². The monoisotopic (exact) mass is 376 g/mol. The molecule has 144 valence electrons. The summed E-state index contributed by atoms with van der Waals surface area (Å²) in [5.74, 6) is 0.408. The van der Waals surface area contributed by atoms with Crippen LogP contribution in [0.15, 0.2) is 79.4 Å². The Morgan fingerprint density at radius 3 is 2.36 bits per heavy atom. The van der Waals surface area contributed by atoms with Crippen molar-refractivity contribution in [3.8, 4) is 11.5 Å². The summed E-state index contributed by atoms with van der Waals surface area (Å²) in [4.78, 5) is 0. The Morgan fingerprint density at radius 2 is 1.68 bits per heavy atom. The fourth-order valence-corrected chi connectivity index (χ4v) is 2.91. The summed E-state index contributed by atoms with van der Waals surface area (Å²) >= 11 is 0. The minimum absolute atomic E-state index is 0.136. The zero-order chi connectivity index (χ0) is 20.0. The molecule has 0 saturated carbocycles. The molecular weight excluding hydrogens is 351 g/mol. The van der Waals surface area contributed by atoms with Crippen LogP contribution in [0.3, 0.4) is 0 Å². The number of hydrogen-bond acceptors (Lipinski definition) is 2. The standard InChI is InChI=1S/C25H25FO2/c1-4-19-10-13-21(14-11-19)25(2,3)18-27-17-20-12-15-23(26)24(16-20)28-22-8-6-5-7-9-22/h4-16H,1,17-18H2,2-3H3. The Balaban J connectivity index is 1.62. The first kappa shape index (κ1) is 19.8. The number of benzene rings is 3. The summed E-state index contributed by atoms with van der Waals surface area (Å²) in [7, 11) is 0. The lowest BCUT2D eigenvalue weighted by atomic mass is 9.85. The summed E-state index contributed by atoms with van der Waals surface area (Å²) in [5, 5.41) is 0. The first-order chi connectivity index (χ1) is 13.5. The quantitative estimate of drug-likeness (QED) is 0.433. The molecule has 0 aliphatic rings. The van der Waals surface area contributed by atoms with E-state index in [-0.39, 0.29) is 11.2 Å². The van der Waals surface area contributed by atoms with Crippen molar-refractivity contribution in [3.63, 3.8) is 0 Å². The molecule has 0 aliphatic heterocycles. The molecule has 0 aromatic heterocycles. The fourth-order valence-electron chi connectivity index (χ4n) is 2.91. The summed E-state index contributed by atoms with van der Waals surface area (Å²) in [5.41, 5.74) is 3.02. The van der Waals surface area contributed by atoms with Gasteiger partial charge in [-0.05, 0) is 41.0 Å². The van der Waals surface area contributed by atoms with Crippen LogP contribution in [0.2, 0.25) is 0 Å². The number of rotatable bonds is 8. The van der Waals surface area contributed by atoms with Gasteiger partial charge in [0.15, 0.2) is 11.6 Å². The normalized spacial score (nSPS) is 11.2. The number of ether oxygens (including phenoxy) is 2. The lowest BCUT2D eigenvalue weighted by molar-refractivity contribution is 0.0823. The van der Waals surface area contributed by atoms with Gasteiger partial charge in [-0.1, -0.05) is 75.0 Å². The van der Waals surface area contributed by atoms with E-state index in [9.17, 15) is 4.39 Å². The zero-order valence-electron chi connectivity index (χ0n) is 16.3. The largest absolute Gasteiger partial charge is 0.454 e. The molecule has 2 nitrogen and oxygen atoms in total. The van der Waals surface area contributed by atoms with Gasteiger partial charge in [-0.3, -0.25) is 0 Å². The van der Waals surface area contributed by atoms with Crippen molar-refractivity contribution >= 4 is 6.08 Å². The maximum Gasteiger partial charge on any atom is 0.165 e. The average molecular weight is 376 g/mol. The molecule has 3 aromatic carbocycles. The summed E-state index contributed by atoms with van der Waals surface area (Å²) in [6.45, 7) is 9.01. The van der Waals surface area contributed by atoms with Gasteiger partial charge < -0.3 is 9.47 Å². The van der Waals surface area contributed by atoms with Crippen molar-refractivity contribution in [3.05, 3.63) is 102 Å². The van der Waals surface area contributed by atoms with Crippen molar-refractivity contribution in [1.82, 2.24) is 0 Å². The van der Waals surface area contributed by atoms with E-state index in [4.69, 9.17) is 9.47 Å². The van der Waals surface area contributed by atoms with Crippen LogP contribution >= 0.6 is 0 Å². The third-order valence-electron chi connectivity index (χ3n) is 4.63. The van der Waals surface area contributed by atoms with Crippen LogP contribution in [-0.2, 0) is 16.8 Å². The van der Waals surface area contributed by atoms with Gasteiger partial charge in [0.2, 0.25) is 0 Å². The van der Waals surface area contributed by atoms with Crippen LogP contribution in [0.1, 0.15) is 30.5 Å². The highest BCUT2D eigenvalue weighted by atomic mass is 19.1. The summed E-state index contributed by atoms with van der Waals surface area (Å²) < 4.78 is 25.7. The third kappa shape index (κ3) is 5.08. The van der Waals surface area contributed by atoms with E-state index in [0.29, 0.717) is 19.0 Å². The zero-order valence-corrected chi connectivity index (χ0v) is 16.3. The molecule has 0 atom stereocenters. The van der Waals surface area contributed by atoms with Crippen molar-refractivity contribution < 1.29 is 13.9 Å². The molecule has 28 heavy (non-hydrogen) atoms. The Bertz CT molecular complexity index is 915. The van der Waals surface area contributed by atoms with Gasteiger partial charge in [0, 0.05) is 5.41 Å². The maximum absolute atomic E-state index is 14.1. The van der Waals surface area contributed by atoms with E-state index in [1.165, 1.54) is 11.6 Å². The van der Waals surface area contributed by atoms with E-state index in [2.05, 4.69) is 44.7 Å². The van der Waals surface area contributed by atoms with E-state index in [1.807, 2.05) is 24.3 Å². The Morgan fingerprint density at radius 1 is 0.964 bits per heavy atom. The molecule has 0 heterocycles. The second kappa shape index (κ2) is 8.85. The lowest BCUT2D eigenvalue weighted by Crippen LogP contribution is -2.24. The van der Waals surface area contributed by atoms with Crippen LogP contribution < -0.4 is 4.74 Å². The topological polar surface area (TPSA) is 18.5 Å². The molecule has 0 unspecified atom stereocenters. The van der Waals surface area contributed by atoms with Gasteiger partial charge in [0.1, 0.15) is 5.75 Å². The minimum atomic E-state index is -0.393. The number of halogens is 1. The van der Waals surface area contributed by atoms with E-state index >= 15 is 0 Å². The Labute approximate surface area is 166 Å². The van der Waals surface area contributed by atoms with Gasteiger partial charge in [0.25, 0.3) is 0 Å². The number of para-hydroxylation sites is 1. The first-order valence-corrected chi connectivity index (χ1v) is 9.30. The maximum atomic E-state index is 14.1. The van der Waals surface area contributed by atoms with Gasteiger partial charge in [-0.2, -0.15) is 0 Å². The number of hydrogen-bond donors (Lipinski definition) is 0. The molecule has 0 saturated heterocycles. The molecule has 0 spiro atoms. The highest BCUT2D eigenvalue weighted by Gasteiger charge is 2.21. The average Bonchev–Trinajstić information content (AvgIpc) is 2.71. The van der Waals surface area contributed by atoms with Gasteiger partial charge in [0.05, 0.1) is 13.2 Å². The summed E-state index contributed by atoms with van der Waals surface area (Å²) in [6.07, 6.45) is 1.83. The molecule has 3 heteroatoms. The molecule has 0 bridgehead atoms. The molecule has 3 rings (SSSR count). The molecule has 0 radical (unpaired) electrons. The highest BCUT2D eigenvalue weighted by Crippen LogP contribution is 2.27. The third-order valence-corrected chi connectivity index (χ3v) is 4.63. The van der Waals surface area contributed by atoms with E-state index in [1.54, 1.807) is 24.3 Å². The molecule has 0 aliphatic carbocycles. The van der Waals surface area contributed by atoms with Crippen molar-refractivity contribution in [2.45, 2.75) is 25.9 Å². The van der Waals surface area contributed by atoms with Crippen molar-refractivity contribution in [2.24, 2.45) is 0 Å². The van der Waals surface area contributed by atoms with Crippen molar-refractivity contribution in [2.75, 3.05) is 6.61 Å². The van der Waals surface area contributed by atoms with Crippen LogP contribution in [0.5, 0.6) is 11.5 Å². The van der Waals surface area contributed by atoms with Crippen LogP contribution in [0, 0.1) is 5.82 Å². The Kier molecular flexibility index (Phi) is 6.27. The van der Waals surface area contributed by atoms with E-state index in [0.717, 1.165) is 11.1 Å². The van der Waals surface area contributed by atoms with E-state index < -0.39 is 5.82 Å². The second-order valence-electron chi connectivity index (χ2n) is 7.38. The highest BCUT2D eigenvalue weighted by molar-refractivity contribution is 5.48. The van der Waals surface area contributed by atoms with Gasteiger partial charge >= 0.3 is 0 Å². The van der Waals surface area contributed by atoms with Crippen LogP contribution in [0.25, 0.3) is 6.08 Å². The minimum Gasteiger partial charge on any atom is -0.454 e. The summed E-state index contributed by atoms with van der Waals surface area (Å²) in [6, 6.07) is 22.3. The van der Waals surface area contributed by atoms with Gasteiger partial charge in [-0.15, -0.1) is 0 Å². The lowest BCUT2D eigenvalue weighted by Gasteiger charge is -2.25. The molecule has 0 N–H and O–H groups in total.